The molecule has 5 nitrogen and oxygen atoms in total. The van der Waals surface area contributed by atoms with Crippen molar-refractivity contribution in [2.75, 3.05) is 13.1 Å². The fourth-order valence-electron chi connectivity index (χ4n) is 3.51. The van der Waals surface area contributed by atoms with Crippen LogP contribution in [0.5, 0.6) is 0 Å². The fourth-order valence-corrected chi connectivity index (χ4v) is 4.21. The van der Waals surface area contributed by atoms with E-state index < -0.39 is 9.75 Å². The summed E-state index contributed by atoms with van der Waals surface area (Å²) in [7, 11) is 0. The highest BCUT2D eigenvalue weighted by Crippen LogP contribution is 2.64. The summed E-state index contributed by atoms with van der Waals surface area (Å²) in [6.45, 7) is 3.25. The quantitative estimate of drug-likeness (QED) is 0.826. The number of halogens is 2. The third kappa shape index (κ3) is 2.93. The summed E-state index contributed by atoms with van der Waals surface area (Å²) >= 11 is 12.3. The first kappa shape index (κ1) is 16.9. The topological polar surface area (TPSA) is 61.9 Å². The van der Waals surface area contributed by atoms with Gasteiger partial charge < -0.3 is 4.90 Å². The molecular weight excluding hydrogens is 359 g/mol. The van der Waals surface area contributed by atoms with E-state index in [2.05, 4.69) is 15.2 Å². The van der Waals surface area contributed by atoms with Gasteiger partial charge in [-0.05, 0) is 26.2 Å². The van der Waals surface area contributed by atoms with Gasteiger partial charge in [-0.3, -0.25) is 9.89 Å². The highest BCUT2D eigenvalue weighted by molar-refractivity contribution is 6.53. The number of piperidine rings is 1. The van der Waals surface area contributed by atoms with E-state index in [-0.39, 0.29) is 11.8 Å². The summed E-state index contributed by atoms with van der Waals surface area (Å²) in [5.41, 5.74) is 0.371. The molecule has 4 rings (SSSR count). The number of hydrogen-bond donors (Lipinski definition) is 1. The molecule has 1 aromatic carbocycles. The molecule has 1 aliphatic heterocycles. The molecule has 1 aromatic heterocycles. The zero-order valence-electron chi connectivity index (χ0n) is 14.0. The lowest BCUT2D eigenvalue weighted by Crippen LogP contribution is -2.43. The lowest BCUT2D eigenvalue weighted by molar-refractivity contribution is -0.137. The lowest BCUT2D eigenvalue weighted by atomic mass is 9.94. The Balaban J connectivity index is 1.40. The highest BCUT2D eigenvalue weighted by atomic mass is 35.5. The van der Waals surface area contributed by atoms with Gasteiger partial charge in [0.15, 0.2) is 5.82 Å². The van der Waals surface area contributed by atoms with Crippen molar-refractivity contribution in [3.8, 4) is 11.4 Å². The van der Waals surface area contributed by atoms with Crippen LogP contribution >= 0.6 is 23.2 Å². The maximum Gasteiger partial charge on any atom is 0.231 e. The summed E-state index contributed by atoms with van der Waals surface area (Å²) in [5, 5.41) is 7.40. The molecule has 132 valence electrons. The Morgan fingerprint density at radius 3 is 2.48 bits per heavy atom. The molecule has 25 heavy (non-hydrogen) atoms. The molecule has 0 radical (unpaired) electrons. The molecule has 1 saturated carbocycles. The van der Waals surface area contributed by atoms with Crippen molar-refractivity contribution in [2.45, 2.75) is 36.4 Å². The van der Waals surface area contributed by atoms with E-state index in [9.17, 15) is 4.79 Å². The summed E-state index contributed by atoms with van der Waals surface area (Å²) < 4.78 is -0.906. The van der Waals surface area contributed by atoms with Crippen molar-refractivity contribution in [3.63, 3.8) is 0 Å². The van der Waals surface area contributed by atoms with Gasteiger partial charge in [-0.25, -0.2) is 4.98 Å². The molecule has 1 atom stereocenters. The minimum absolute atomic E-state index is 0.0681. The molecule has 2 heterocycles. The molecule has 0 spiro atoms. The number of nitrogens with one attached hydrogen (secondary N) is 1. The monoisotopic (exact) mass is 378 g/mol. The van der Waals surface area contributed by atoms with Gasteiger partial charge >= 0.3 is 0 Å². The van der Waals surface area contributed by atoms with Gasteiger partial charge in [0, 0.05) is 24.6 Å². The van der Waals surface area contributed by atoms with Crippen LogP contribution in [-0.4, -0.2) is 43.4 Å². The van der Waals surface area contributed by atoms with E-state index in [1.165, 1.54) is 0 Å². The summed E-state index contributed by atoms with van der Waals surface area (Å²) in [6.07, 6.45) is 2.26. The number of hydrogen-bond acceptors (Lipinski definition) is 3. The van der Waals surface area contributed by atoms with Crippen molar-refractivity contribution in [1.82, 2.24) is 20.1 Å². The van der Waals surface area contributed by atoms with Crippen molar-refractivity contribution in [3.05, 3.63) is 36.2 Å². The van der Waals surface area contributed by atoms with Gasteiger partial charge in [-0.1, -0.05) is 30.3 Å². The molecule has 0 unspecified atom stereocenters. The van der Waals surface area contributed by atoms with Crippen LogP contribution in [0.2, 0.25) is 0 Å². The third-order valence-electron chi connectivity index (χ3n) is 5.43. The smallest absolute Gasteiger partial charge is 0.231 e. The number of aromatic amines is 1. The number of carbonyl (C=O) groups is 1. The second kappa shape index (κ2) is 5.99. The number of likely N-dealkylation sites (tertiary alicyclic amines) is 1. The molecular formula is C18H20Cl2N4O. The molecule has 2 aliphatic rings. The van der Waals surface area contributed by atoms with Crippen LogP contribution in [0.15, 0.2) is 30.3 Å². The van der Waals surface area contributed by atoms with Crippen LogP contribution in [-0.2, 0) is 4.79 Å². The van der Waals surface area contributed by atoms with Gasteiger partial charge in [0.05, 0.1) is 5.41 Å². The van der Waals surface area contributed by atoms with Gasteiger partial charge in [-0.15, -0.1) is 23.2 Å². The normalized spacial score (nSPS) is 25.8. The van der Waals surface area contributed by atoms with Gasteiger partial charge in [0.1, 0.15) is 10.2 Å². The number of carbonyl (C=O) groups excluding carboxylic acids is 1. The van der Waals surface area contributed by atoms with Crippen molar-refractivity contribution < 1.29 is 4.79 Å². The highest BCUT2D eigenvalue weighted by Gasteiger charge is 2.68. The predicted octanol–water partition coefficient (Wildman–Crippen LogP) is 3.76. The van der Waals surface area contributed by atoms with E-state index in [0.29, 0.717) is 25.3 Å². The Hall–Kier alpha value is -1.59. The molecule has 1 saturated heterocycles. The zero-order chi connectivity index (χ0) is 17.7. The second-order valence-corrected chi connectivity index (χ2v) is 8.67. The SMILES string of the molecule is C[C@]1(C(=O)N2CCC(c3nc(-c4ccccc4)n[nH]3)CC2)CC1(Cl)Cl. The lowest BCUT2D eigenvalue weighted by Gasteiger charge is -2.33. The van der Waals surface area contributed by atoms with Crippen molar-refractivity contribution >= 4 is 29.1 Å². The Labute approximate surface area is 156 Å². The maximum atomic E-state index is 12.7. The van der Waals surface area contributed by atoms with Crippen LogP contribution in [0.3, 0.4) is 0 Å². The van der Waals surface area contributed by atoms with Gasteiger partial charge in [-0.2, -0.15) is 5.10 Å². The molecule has 1 amide bonds. The minimum Gasteiger partial charge on any atom is -0.342 e. The Kier molecular flexibility index (Phi) is 4.04. The zero-order valence-corrected chi connectivity index (χ0v) is 15.5. The summed E-state index contributed by atoms with van der Waals surface area (Å²) in [6, 6.07) is 9.91. The first-order chi connectivity index (χ1) is 11.9. The van der Waals surface area contributed by atoms with Gasteiger partial charge in [0.2, 0.25) is 5.91 Å². The van der Waals surface area contributed by atoms with E-state index in [1.54, 1.807) is 0 Å². The first-order valence-electron chi connectivity index (χ1n) is 8.56. The second-order valence-electron chi connectivity index (χ2n) is 7.19. The maximum absolute atomic E-state index is 12.7. The van der Waals surface area contributed by atoms with Crippen LogP contribution in [0.25, 0.3) is 11.4 Å². The number of H-pyrrole nitrogens is 1. The number of nitrogens with zero attached hydrogens (tertiary/aromatic N) is 3. The summed E-state index contributed by atoms with van der Waals surface area (Å²) in [5.74, 6) is 1.97. The van der Waals surface area contributed by atoms with E-state index in [1.807, 2.05) is 42.2 Å². The molecule has 1 N–H and O–H groups in total. The van der Waals surface area contributed by atoms with E-state index in [4.69, 9.17) is 23.2 Å². The van der Waals surface area contributed by atoms with E-state index >= 15 is 0 Å². The summed E-state index contributed by atoms with van der Waals surface area (Å²) in [4.78, 5) is 19.2. The number of alkyl halides is 2. The van der Waals surface area contributed by atoms with Crippen molar-refractivity contribution in [1.29, 1.82) is 0 Å². The average Bonchev–Trinajstić information content (AvgIpc) is 2.99. The molecule has 1 aliphatic carbocycles. The van der Waals surface area contributed by atoms with Crippen LogP contribution < -0.4 is 0 Å². The average molecular weight is 379 g/mol. The third-order valence-corrected chi connectivity index (χ3v) is 6.53. The molecule has 2 fully saturated rings. The minimum atomic E-state index is -0.906. The predicted molar refractivity (Wildman–Crippen MR) is 97.5 cm³/mol. The van der Waals surface area contributed by atoms with Crippen LogP contribution in [0.4, 0.5) is 0 Å². The Morgan fingerprint density at radius 2 is 1.88 bits per heavy atom. The number of amides is 1. The molecule has 2 aromatic rings. The van der Waals surface area contributed by atoms with E-state index in [0.717, 1.165) is 24.2 Å². The number of rotatable bonds is 3. The Morgan fingerprint density at radius 1 is 1.24 bits per heavy atom. The Bertz CT molecular complexity index is 783. The number of aromatic nitrogens is 3. The molecule has 0 bridgehead atoms. The van der Waals surface area contributed by atoms with Crippen molar-refractivity contribution in [2.24, 2.45) is 5.41 Å². The largest absolute Gasteiger partial charge is 0.342 e. The fraction of sp³-hybridized carbons (Fsp3) is 0.500. The van der Waals surface area contributed by atoms with Crippen LogP contribution in [0.1, 0.15) is 37.9 Å². The van der Waals surface area contributed by atoms with Crippen LogP contribution in [0, 0.1) is 5.41 Å². The number of benzene rings is 1. The van der Waals surface area contributed by atoms with Gasteiger partial charge in [0.25, 0.3) is 0 Å². The standard InChI is InChI=1S/C18H20Cl2N4O/c1-17(11-18(17,19)20)16(25)24-9-7-13(8-10-24)15-21-14(22-23-15)12-5-3-2-4-6-12/h2-6,13H,7-11H2,1H3,(H,21,22,23)/t17-/m1/s1. The first-order valence-corrected chi connectivity index (χ1v) is 9.31. The molecule has 7 heteroatoms.